The first-order valence-corrected chi connectivity index (χ1v) is 7.10. The lowest BCUT2D eigenvalue weighted by atomic mass is 9.67. The number of carbonyl (C=O) groups is 1. The van der Waals surface area contributed by atoms with Crippen LogP contribution in [0.1, 0.15) is 33.1 Å². The summed E-state index contributed by atoms with van der Waals surface area (Å²) in [5.41, 5.74) is -1.68. The van der Waals surface area contributed by atoms with E-state index in [2.05, 4.69) is 6.58 Å². The Morgan fingerprint density at radius 3 is 2.71 bits per heavy atom. The highest BCUT2D eigenvalue weighted by Crippen LogP contribution is 2.59. The van der Waals surface area contributed by atoms with Crippen LogP contribution >= 0.6 is 0 Å². The predicted octanol–water partition coefficient (Wildman–Crippen LogP) is 1.95. The van der Waals surface area contributed by atoms with Crippen LogP contribution in [-0.4, -0.2) is 42.6 Å². The Kier molecular flexibility index (Phi) is 4.04. The topological polar surface area (TPSA) is 65.0 Å². The molecule has 3 atom stereocenters. The first-order chi connectivity index (χ1) is 9.74. The molecule has 0 aromatic heterocycles. The van der Waals surface area contributed by atoms with E-state index >= 15 is 0 Å². The van der Waals surface area contributed by atoms with E-state index in [0.717, 1.165) is 0 Å². The summed E-state index contributed by atoms with van der Waals surface area (Å²) in [6, 6.07) is 0. The first kappa shape index (κ1) is 16.2. The summed E-state index contributed by atoms with van der Waals surface area (Å²) in [6.45, 7) is 7.19. The molecule has 1 saturated heterocycles. The number of ether oxygens (including phenoxy) is 3. The van der Waals surface area contributed by atoms with Crippen LogP contribution in [-0.2, 0) is 19.0 Å². The minimum Gasteiger partial charge on any atom is -0.500 e. The van der Waals surface area contributed by atoms with Gasteiger partial charge in [-0.1, -0.05) is 6.08 Å². The SMILES string of the molecule is C=CC[C@@]12C[C@H](C(C)(C)O)O[C@@]1(OC)CC(=O)C=C2OC. The van der Waals surface area contributed by atoms with Gasteiger partial charge in [0.1, 0.15) is 5.76 Å². The smallest absolute Gasteiger partial charge is 0.188 e. The average molecular weight is 296 g/mol. The van der Waals surface area contributed by atoms with Gasteiger partial charge in [0.2, 0.25) is 0 Å². The number of allylic oxidation sites excluding steroid dienone is 2. The second-order valence-corrected chi connectivity index (χ2v) is 6.35. The van der Waals surface area contributed by atoms with Gasteiger partial charge in [-0.2, -0.15) is 0 Å². The van der Waals surface area contributed by atoms with Crippen LogP contribution in [0.4, 0.5) is 0 Å². The molecule has 1 fully saturated rings. The quantitative estimate of drug-likeness (QED) is 0.786. The van der Waals surface area contributed by atoms with Gasteiger partial charge >= 0.3 is 0 Å². The van der Waals surface area contributed by atoms with Crippen LogP contribution in [0.2, 0.25) is 0 Å². The third-order valence-corrected chi connectivity index (χ3v) is 4.60. The molecule has 1 aliphatic heterocycles. The number of methoxy groups -OCH3 is 2. The molecule has 1 heterocycles. The Balaban J connectivity index is 2.57. The molecule has 1 N–H and O–H groups in total. The van der Waals surface area contributed by atoms with Crippen molar-refractivity contribution in [3.05, 3.63) is 24.5 Å². The van der Waals surface area contributed by atoms with E-state index in [1.807, 2.05) is 0 Å². The van der Waals surface area contributed by atoms with Gasteiger partial charge in [0.15, 0.2) is 11.6 Å². The van der Waals surface area contributed by atoms with E-state index in [-0.39, 0.29) is 12.2 Å². The fraction of sp³-hybridized carbons (Fsp3) is 0.688. The van der Waals surface area contributed by atoms with Gasteiger partial charge in [-0.25, -0.2) is 0 Å². The number of aliphatic hydroxyl groups is 1. The van der Waals surface area contributed by atoms with Crippen molar-refractivity contribution in [3.8, 4) is 0 Å². The lowest BCUT2D eigenvalue weighted by molar-refractivity contribution is -0.270. The summed E-state index contributed by atoms with van der Waals surface area (Å²) in [6.07, 6.45) is 3.98. The Hall–Kier alpha value is -1.17. The zero-order chi connectivity index (χ0) is 15.9. The maximum Gasteiger partial charge on any atom is 0.188 e. The summed E-state index contributed by atoms with van der Waals surface area (Å²) in [7, 11) is 3.06. The van der Waals surface area contributed by atoms with Gasteiger partial charge in [-0.3, -0.25) is 4.79 Å². The minimum absolute atomic E-state index is 0.107. The molecule has 2 rings (SSSR count). The van der Waals surface area contributed by atoms with E-state index in [1.54, 1.807) is 19.9 Å². The maximum atomic E-state index is 12.0. The largest absolute Gasteiger partial charge is 0.500 e. The molecule has 0 unspecified atom stereocenters. The molecule has 118 valence electrons. The highest BCUT2D eigenvalue weighted by molar-refractivity contribution is 5.92. The summed E-state index contributed by atoms with van der Waals surface area (Å²) < 4.78 is 17.2. The molecule has 0 aromatic carbocycles. The second-order valence-electron chi connectivity index (χ2n) is 6.35. The summed E-state index contributed by atoms with van der Waals surface area (Å²) in [5, 5.41) is 10.3. The van der Waals surface area contributed by atoms with Crippen LogP contribution < -0.4 is 0 Å². The average Bonchev–Trinajstić information content (AvgIpc) is 2.74. The van der Waals surface area contributed by atoms with Gasteiger partial charge in [-0.05, 0) is 26.7 Å². The molecule has 2 aliphatic rings. The molecule has 5 heteroatoms. The van der Waals surface area contributed by atoms with Crippen molar-refractivity contribution >= 4 is 5.78 Å². The molecule has 0 aromatic rings. The Bertz CT molecular complexity index is 476. The highest BCUT2D eigenvalue weighted by atomic mass is 16.7. The third kappa shape index (κ3) is 2.33. The number of ketones is 1. The van der Waals surface area contributed by atoms with Gasteiger partial charge in [0, 0.05) is 13.2 Å². The molecule has 1 aliphatic carbocycles. The lowest BCUT2D eigenvalue weighted by Crippen LogP contribution is -2.52. The predicted molar refractivity (Wildman–Crippen MR) is 77.5 cm³/mol. The van der Waals surface area contributed by atoms with Crippen molar-refractivity contribution in [3.63, 3.8) is 0 Å². The fourth-order valence-corrected chi connectivity index (χ4v) is 3.47. The van der Waals surface area contributed by atoms with Gasteiger partial charge in [0.05, 0.1) is 30.7 Å². The molecule has 0 spiro atoms. The molecule has 0 amide bonds. The third-order valence-electron chi connectivity index (χ3n) is 4.60. The zero-order valence-corrected chi connectivity index (χ0v) is 13.1. The Labute approximate surface area is 125 Å². The number of hydrogen-bond acceptors (Lipinski definition) is 5. The standard InChI is InChI=1S/C16H24O5/c1-6-7-15-10-13(14(2,3)18)21-16(15,20-5)9-11(17)8-12(15)19-4/h6,8,13,18H,1,7,9-10H2,2-5H3/t13-,15+,16+/m1/s1. The molecular formula is C16H24O5. The van der Waals surface area contributed by atoms with Gasteiger partial charge < -0.3 is 19.3 Å². The van der Waals surface area contributed by atoms with Crippen molar-refractivity contribution in [1.82, 2.24) is 0 Å². The van der Waals surface area contributed by atoms with Crippen LogP contribution in [0.5, 0.6) is 0 Å². The van der Waals surface area contributed by atoms with E-state index < -0.39 is 22.9 Å². The van der Waals surface area contributed by atoms with Gasteiger partial charge in [-0.15, -0.1) is 6.58 Å². The summed E-state index contributed by atoms with van der Waals surface area (Å²) >= 11 is 0. The molecular weight excluding hydrogens is 272 g/mol. The Morgan fingerprint density at radius 2 is 2.24 bits per heavy atom. The monoisotopic (exact) mass is 296 g/mol. The van der Waals surface area contributed by atoms with E-state index in [9.17, 15) is 9.90 Å². The number of hydrogen-bond donors (Lipinski definition) is 1. The Morgan fingerprint density at radius 1 is 1.57 bits per heavy atom. The summed E-state index contributed by atoms with van der Waals surface area (Å²) in [4.78, 5) is 12.0. The molecule has 5 nitrogen and oxygen atoms in total. The molecule has 0 bridgehead atoms. The van der Waals surface area contributed by atoms with Crippen molar-refractivity contribution in [1.29, 1.82) is 0 Å². The number of carbonyl (C=O) groups excluding carboxylic acids is 1. The minimum atomic E-state index is -1.12. The fourth-order valence-electron chi connectivity index (χ4n) is 3.47. The van der Waals surface area contributed by atoms with E-state index in [0.29, 0.717) is 18.6 Å². The van der Waals surface area contributed by atoms with Crippen LogP contribution in [0.15, 0.2) is 24.5 Å². The van der Waals surface area contributed by atoms with Crippen LogP contribution in [0.3, 0.4) is 0 Å². The van der Waals surface area contributed by atoms with Crippen molar-refractivity contribution in [2.24, 2.45) is 5.41 Å². The molecule has 0 radical (unpaired) electrons. The van der Waals surface area contributed by atoms with E-state index in [4.69, 9.17) is 14.2 Å². The van der Waals surface area contributed by atoms with E-state index in [1.165, 1.54) is 20.3 Å². The van der Waals surface area contributed by atoms with Crippen molar-refractivity contribution < 1.29 is 24.1 Å². The summed E-state index contributed by atoms with van der Waals surface area (Å²) in [5.74, 6) is -0.694. The highest BCUT2D eigenvalue weighted by Gasteiger charge is 2.66. The number of rotatable bonds is 5. The normalized spacial score (nSPS) is 36.1. The maximum absolute atomic E-state index is 12.0. The van der Waals surface area contributed by atoms with Crippen LogP contribution in [0, 0.1) is 5.41 Å². The van der Waals surface area contributed by atoms with Crippen molar-refractivity contribution in [2.75, 3.05) is 14.2 Å². The first-order valence-electron chi connectivity index (χ1n) is 7.10. The lowest BCUT2D eigenvalue weighted by Gasteiger charge is -2.45. The second kappa shape index (κ2) is 5.23. The molecule has 0 saturated carbocycles. The zero-order valence-electron chi connectivity index (χ0n) is 13.1. The van der Waals surface area contributed by atoms with Gasteiger partial charge in [0.25, 0.3) is 0 Å². The number of fused-ring (bicyclic) bond motifs is 1. The van der Waals surface area contributed by atoms with Crippen LogP contribution in [0.25, 0.3) is 0 Å². The molecule has 21 heavy (non-hydrogen) atoms. The van der Waals surface area contributed by atoms with Crippen molar-refractivity contribution in [2.45, 2.75) is 50.6 Å².